The SMILES string of the molecule is CCCCCCCCCCCCCCCCCCCCO[C@@]1(O)[C@@H](O)[C@@H](O)[C@@H](CO)O[C@@]1(CC(C)O)O[C@H]1[C@@H](O)[C@@H](CO)O[C@](O)(CC(O)COCCCCCCCCCCCCCCCCCC)[C@@H]1O. The van der Waals surface area contributed by atoms with Crippen molar-refractivity contribution in [2.75, 3.05) is 33.0 Å². The normalized spacial score (nSPS) is 28.9. The third kappa shape index (κ3) is 25.4. The number of rotatable bonds is 47. The molecule has 0 aromatic rings. The van der Waals surface area contributed by atoms with Crippen LogP contribution in [0.3, 0.4) is 0 Å². The van der Waals surface area contributed by atoms with Crippen LogP contribution in [-0.4, -0.2) is 156 Å². The summed E-state index contributed by atoms with van der Waals surface area (Å²) in [5.41, 5.74) is 0. The number of aliphatic hydroxyl groups is 10. The van der Waals surface area contributed by atoms with Crippen molar-refractivity contribution >= 4 is 0 Å². The smallest absolute Gasteiger partial charge is 0.251 e. The first-order chi connectivity index (χ1) is 34.3. The van der Waals surface area contributed by atoms with E-state index in [1.807, 2.05) is 0 Å². The van der Waals surface area contributed by atoms with E-state index in [0.717, 1.165) is 51.4 Å². The summed E-state index contributed by atoms with van der Waals surface area (Å²) in [6.07, 6.45) is 23.8. The van der Waals surface area contributed by atoms with Gasteiger partial charge in [0, 0.05) is 19.4 Å². The van der Waals surface area contributed by atoms with Crippen LogP contribution in [0.15, 0.2) is 0 Å². The molecule has 0 aromatic carbocycles. The van der Waals surface area contributed by atoms with Gasteiger partial charge in [-0.15, -0.1) is 0 Å². The summed E-state index contributed by atoms with van der Waals surface area (Å²) in [5, 5.41) is 112. The van der Waals surface area contributed by atoms with Crippen molar-refractivity contribution < 1.29 is 74.7 Å². The summed E-state index contributed by atoms with van der Waals surface area (Å²) in [6.45, 7) is 4.11. The predicted molar refractivity (Wildman–Crippen MR) is 277 cm³/mol. The molecule has 0 bridgehead atoms. The molecule has 0 aromatic heterocycles. The van der Waals surface area contributed by atoms with E-state index < -0.39 is 98.4 Å². The molecule has 12 atom stereocenters. The van der Waals surface area contributed by atoms with Gasteiger partial charge in [-0.2, -0.15) is 0 Å². The van der Waals surface area contributed by atoms with Crippen LogP contribution >= 0.6 is 0 Å². The summed E-state index contributed by atoms with van der Waals surface area (Å²) >= 11 is 0. The van der Waals surface area contributed by atoms with Crippen molar-refractivity contribution in [1.29, 1.82) is 0 Å². The van der Waals surface area contributed by atoms with Gasteiger partial charge in [-0.3, -0.25) is 0 Å². The Kier molecular flexibility index (Phi) is 37.2. The first-order valence-corrected chi connectivity index (χ1v) is 29.3. The molecule has 0 radical (unpaired) electrons. The summed E-state index contributed by atoms with van der Waals surface area (Å²) in [7, 11) is 0. The molecule has 2 heterocycles. The van der Waals surface area contributed by atoms with Gasteiger partial charge in [-0.25, -0.2) is 0 Å². The van der Waals surface area contributed by atoms with Gasteiger partial charge in [0.25, 0.3) is 5.79 Å². The highest BCUT2D eigenvalue weighted by Crippen LogP contribution is 2.46. The largest absolute Gasteiger partial charge is 0.394 e. The fourth-order valence-corrected chi connectivity index (χ4v) is 10.5. The molecule has 2 rings (SSSR count). The average molecular weight is 1020 g/mol. The van der Waals surface area contributed by atoms with Crippen LogP contribution in [0.2, 0.25) is 0 Å². The van der Waals surface area contributed by atoms with Gasteiger partial charge in [0.2, 0.25) is 5.79 Å². The highest BCUT2D eigenvalue weighted by atomic mass is 16.8. The summed E-state index contributed by atoms with van der Waals surface area (Å²) in [4.78, 5) is 0. The standard InChI is InChI=1S/C56H110O15/c1-4-6-8-10-12-14-16-18-20-22-23-25-27-29-31-33-35-37-39-68-56(66)52(63)50(62)48(43-58)70-55(56,40-45(3)59)71-51-49(61)47(42-57)69-54(65,53(51)64)41-46(60)44-67-38-36-34-32-30-28-26-24-21-19-17-15-13-11-9-7-5-2/h45-53,57-66H,4-44H2,1-3H3/t45?,46?,47-,48-,49+,50+,51+,52+,53-,54-,55+,56+/m1/s1. The molecular weight excluding hydrogens is 913 g/mol. The van der Waals surface area contributed by atoms with Crippen LogP contribution in [-0.2, 0) is 23.7 Å². The molecule has 0 amide bonds. The lowest BCUT2D eigenvalue weighted by Gasteiger charge is -2.57. The first kappa shape index (κ1) is 66.5. The molecule has 2 fully saturated rings. The first-order valence-electron chi connectivity index (χ1n) is 29.3. The Morgan fingerprint density at radius 1 is 0.465 bits per heavy atom. The van der Waals surface area contributed by atoms with Crippen LogP contribution in [0, 0.1) is 0 Å². The molecule has 0 aliphatic carbocycles. The lowest BCUT2D eigenvalue weighted by Crippen LogP contribution is -2.78. The zero-order valence-electron chi connectivity index (χ0n) is 45.2. The molecule has 0 spiro atoms. The second kappa shape index (κ2) is 39.7. The fourth-order valence-electron chi connectivity index (χ4n) is 10.5. The Balaban J connectivity index is 1.88. The molecule has 424 valence electrons. The van der Waals surface area contributed by atoms with Gasteiger partial charge >= 0.3 is 0 Å². The topological polar surface area (TPSA) is 248 Å². The third-order valence-electron chi connectivity index (χ3n) is 14.9. The van der Waals surface area contributed by atoms with Crippen molar-refractivity contribution in [3.63, 3.8) is 0 Å². The molecule has 0 saturated carbocycles. The van der Waals surface area contributed by atoms with Crippen molar-refractivity contribution in [2.24, 2.45) is 0 Å². The molecule has 2 aliphatic rings. The maximum Gasteiger partial charge on any atom is 0.251 e. The van der Waals surface area contributed by atoms with Gasteiger partial charge in [0.15, 0.2) is 5.79 Å². The Labute approximate surface area is 430 Å². The molecular formula is C56H110O15. The van der Waals surface area contributed by atoms with Gasteiger partial charge in [0.05, 0.1) is 38.6 Å². The third-order valence-corrected chi connectivity index (χ3v) is 14.9. The minimum absolute atomic E-state index is 0.148. The Hall–Kier alpha value is -0.600. The maximum absolute atomic E-state index is 12.3. The zero-order valence-corrected chi connectivity index (χ0v) is 45.2. The number of ether oxygens (including phenoxy) is 5. The molecule has 2 aliphatic heterocycles. The van der Waals surface area contributed by atoms with E-state index in [4.69, 9.17) is 23.7 Å². The minimum atomic E-state index is -2.95. The molecule has 10 N–H and O–H groups in total. The van der Waals surface area contributed by atoms with Gasteiger partial charge in [0.1, 0.15) is 42.7 Å². The lowest BCUT2D eigenvalue weighted by atomic mass is 9.84. The highest BCUT2D eigenvalue weighted by Gasteiger charge is 2.69. The average Bonchev–Trinajstić information content (AvgIpc) is 3.34. The van der Waals surface area contributed by atoms with E-state index in [2.05, 4.69) is 13.8 Å². The van der Waals surface area contributed by atoms with E-state index in [0.29, 0.717) is 13.0 Å². The second-order valence-electron chi connectivity index (χ2n) is 21.6. The zero-order chi connectivity index (χ0) is 52.2. The Morgan fingerprint density at radius 2 is 0.831 bits per heavy atom. The second-order valence-corrected chi connectivity index (χ2v) is 21.6. The van der Waals surface area contributed by atoms with Gasteiger partial charge in [-0.05, 0) is 19.8 Å². The summed E-state index contributed by atoms with van der Waals surface area (Å²) in [5.74, 6) is -8.27. The number of hydrogen-bond donors (Lipinski definition) is 10. The van der Waals surface area contributed by atoms with Crippen LogP contribution < -0.4 is 0 Å². The quantitative estimate of drug-likeness (QED) is 0.0203. The Morgan fingerprint density at radius 3 is 1.21 bits per heavy atom. The van der Waals surface area contributed by atoms with Crippen molar-refractivity contribution in [2.45, 2.75) is 324 Å². The maximum atomic E-state index is 12.3. The molecule has 15 nitrogen and oxygen atoms in total. The van der Waals surface area contributed by atoms with Crippen LogP contribution in [0.5, 0.6) is 0 Å². The monoisotopic (exact) mass is 1020 g/mol. The van der Waals surface area contributed by atoms with Gasteiger partial charge < -0.3 is 74.7 Å². The van der Waals surface area contributed by atoms with Crippen molar-refractivity contribution in [1.82, 2.24) is 0 Å². The van der Waals surface area contributed by atoms with Crippen LogP contribution in [0.25, 0.3) is 0 Å². The van der Waals surface area contributed by atoms with Crippen molar-refractivity contribution in [3.05, 3.63) is 0 Å². The van der Waals surface area contributed by atoms with Crippen molar-refractivity contribution in [3.8, 4) is 0 Å². The summed E-state index contributed by atoms with van der Waals surface area (Å²) in [6, 6.07) is 0. The Bertz CT molecular complexity index is 1240. The number of unbranched alkanes of at least 4 members (excludes halogenated alkanes) is 32. The lowest BCUT2D eigenvalue weighted by molar-refractivity contribution is -0.490. The van der Waals surface area contributed by atoms with Gasteiger partial charge in [-0.1, -0.05) is 219 Å². The number of aliphatic hydroxyl groups excluding tert-OH is 8. The molecule has 2 saturated heterocycles. The van der Waals surface area contributed by atoms with E-state index in [1.54, 1.807) is 0 Å². The number of hydrogen-bond acceptors (Lipinski definition) is 15. The van der Waals surface area contributed by atoms with Crippen LogP contribution in [0.1, 0.15) is 252 Å². The molecule has 2 unspecified atom stereocenters. The summed E-state index contributed by atoms with van der Waals surface area (Å²) < 4.78 is 29.5. The van der Waals surface area contributed by atoms with Crippen LogP contribution in [0.4, 0.5) is 0 Å². The predicted octanol–water partition coefficient (Wildman–Crippen LogP) is 8.53. The highest BCUT2D eigenvalue weighted by molar-refractivity contribution is 5.07. The fraction of sp³-hybridized carbons (Fsp3) is 1.00. The van der Waals surface area contributed by atoms with E-state index >= 15 is 0 Å². The van der Waals surface area contributed by atoms with E-state index in [9.17, 15) is 51.1 Å². The minimum Gasteiger partial charge on any atom is -0.394 e. The molecule has 71 heavy (non-hydrogen) atoms. The molecule has 15 heteroatoms. The van der Waals surface area contributed by atoms with E-state index in [1.165, 1.54) is 167 Å². The van der Waals surface area contributed by atoms with E-state index in [-0.39, 0.29) is 13.2 Å².